The largest absolute Gasteiger partial charge is 0.491 e. The van der Waals surface area contributed by atoms with Gasteiger partial charge in [0.05, 0.1) is 5.56 Å². The fourth-order valence-corrected chi connectivity index (χ4v) is 1.98. The number of ether oxygens (including phenoxy) is 1. The third-order valence-electron chi connectivity index (χ3n) is 3.04. The Morgan fingerprint density at radius 2 is 1.80 bits per heavy atom. The molecule has 20 heavy (non-hydrogen) atoms. The van der Waals surface area contributed by atoms with E-state index >= 15 is 0 Å². The van der Waals surface area contributed by atoms with Gasteiger partial charge in [-0.2, -0.15) is 0 Å². The van der Waals surface area contributed by atoms with Crippen molar-refractivity contribution in [1.82, 2.24) is 4.90 Å². The molecule has 104 valence electrons. The summed E-state index contributed by atoms with van der Waals surface area (Å²) in [6, 6.07) is 15.6. The van der Waals surface area contributed by atoms with Gasteiger partial charge in [0.2, 0.25) is 0 Å². The molecule has 0 unspecified atom stereocenters. The van der Waals surface area contributed by atoms with E-state index in [1.165, 1.54) is 0 Å². The van der Waals surface area contributed by atoms with E-state index < -0.39 is 0 Å². The molecule has 0 saturated heterocycles. The molecule has 0 fully saturated rings. The lowest BCUT2D eigenvalue weighted by Crippen LogP contribution is -2.20. The number of benzene rings is 2. The van der Waals surface area contributed by atoms with Crippen LogP contribution >= 0.6 is 0 Å². The summed E-state index contributed by atoms with van der Waals surface area (Å²) in [7, 11) is 3.99. The van der Waals surface area contributed by atoms with E-state index in [2.05, 4.69) is 0 Å². The molecule has 0 aliphatic heterocycles. The number of hydrogen-bond acceptors (Lipinski definition) is 3. The van der Waals surface area contributed by atoms with Gasteiger partial charge in [0.1, 0.15) is 12.4 Å². The van der Waals surface area contributed by atoms with Crippen LogP contribution in [0.25, 0.3) is 11.1 Å². The Morgan fingerprint density at radius 1 is 1.05 bits per heavy atom. The monoisotopic (exact) mass is 269 g/mol. The van der Waals surface area contributed by atoms with Crippen molar-refractivity contribution in [1.29, 1.82) is 0 Å². The fourth-order valence-electron chi connectivity index (χ4n) is 1.98. The summed E-state index contributed by atoms with van der Waals surface area (Å²) in [4.78, 5) is 13.3. The maximum atomic E-state index is 11.2. The average Bonchev–Trinajstić information content (AvgIpc) is 2.48. The predicted molar refractivity (Wildman–Crippen MR) is 81.3 cm³/mol. The predicted octanol–water partition coefficient (Wildman–Crippen LogP) is 3.11. The van der Waals surface area contributed by atoms with E-state index in [1.807, 2.05) is 61.5 Å². The van der Waals surface area contributed by atoms with Crippen molar-refractivity contribution < 1.29 is 9.53 Å². The molecule has 2 rings (SSSR count). The molecule has 0 aromatic heterocycles. The van der Waals surface area contributed by atoms with Gasteiger partial charge in [0, 0.05) is 12.1 Å². The van der Waals surface area contributed by atoms with Gasteiger partial charge in [0.15, 0.2) is 6.29 Å². The van der Waals surface area contributed by atoms with Gasteiger partial charge < -0.3 is 9.64 Å². The molecule has 0 radical (unpaired) electrons. The average molecular weight is 269 g/mol. The Labute approximate surface area is 119 Å². The number of rotatable bonds is 6. The molecule has 2 aromatic rings. The van der Waals surface area contributed by atoms with Crippen molar-refractivity contribution in [3.63, 3.8) is 0 Å². The van der Waals surface area contributed by atoms with Gasteiger partial charge in [-0.3, -0.25) is 4.79 Å². The molecule has 0 bridgehead atoms. The molecule has 0 saturated carbocycles. The SMILES string of the molecule is CN(C)CCOc1c(C=O)cccc1-c1ccccc1. The van der Waals surface area contributed by atoms with E-state index in [0.29, 0.717) is 17.9 Å². The molecule has 0 spiro atoms. The smallest absolute Gasteiger partial charge is 0.153 e. The topological polar surface area (TPSA) is 29.5 Å². The van der Waals surface area contributed by atoms with Crippen LogP contribution in [0, 0.1) is 0 Å². The number of carbonyl (C=O) groups excluding carboxylic acids is 1. The maximum absolute atomic E-state index is 11.2. The molecule has 0 amide bonds. The first kappa shape index (κ1) is 14.3. The van der Waals surface area contributed by atoms with Crippen LogP contribution in [0.5, 0.6) is 5.75 Å². The molecular weight excluding hydrogens is 250 g/mol. The van der Waals surface area contributed by atoms with Crippen molar-refractivity contribution in [2.24, 2.45) is 0 Å². The Balaban J connectivity index is 2.34. The number of para-hydroxylation sites is 1. The number of likely N-dealkylation sites (N-methyl/N-ethyl adjacent to an activating group) is 1. The Bertz CT molecular complexity index is 564. The van der Waals surface area contributed by atoms with Crippen molar-refractivity contribution in [2.45, 2.75) is 0 Å². The van der Waals surface area contributed by atoms with Crippen molar-refractivity contribution in [3.8, 4) is 16.9 Å². The van der Waals surface area contributed by atoms with Crippen molar-refractivity contribution in [3.05, 3.63) is 54.1 Å². The second-order valence-corrected chi connectivity index (χ2v) is 4.86. The summed E-state index contributed by atoms with van der Waals surface area (Å²) >= 11 is 0. The summed E-state index contributed by atoms with van der Waals surface area (Å²) in [5.74, 6) is 0.663. The maximum Gasteiger partial charge on any atom is 0.153 e. The van der Waals surface area contributed by atoms with Crippen LogP contribution in [0.2, 0.25) is 0 Å². The van der Waals surface area contributed by atoms with Gasteiger partial charge in [-0.05, 0) is 25.7 Å². The first-order valence-electron chi connectivity index (χ1n) is 6.63. The second kappa shape index (κ2) is 6.87. The third kappa shape index (κ3) is 3.45. The van der Waals surface area contributed by atoms with Gasteiger partial charge in [0.25, 0.3) is 0 Å². The summed E-state index contributed by atoms with van der Waals surface area (Å²) in [5, 5.41) is 0. The number of aldehydes is 1. The lowest BCUT2D eigenvalue weighted by molar-refractivity contribution is 0.111. The third-order valence-corrected chi connectivity index (χ3v) is 3.04. The van der Waals surface area contributed by atoms with E-state index in [0.717, 1.165) is 24.0 Å². The minimum Gasteiger partial charge on any atom is -0.491 e. The van der Waals surface area contributed by atoms with Crippen LogP contribution in [-0.4, -0.2) is 38.4 Å². The molecule has 3 heteroatoms. The lowest BCUT2D eigenvalue weighted by Gasteiger charge is -2.15. The minimum atomic E-state index is 0.553. The summed E-state index contributed by atoms with van der Waals surface area (Å²) < 4.78 is 5.85. The minimum absolute atomic E-state index is 0.553. The highest BCUT2D eigenvalue weighted by atomic mass is 16.5. The zero-order valence-corrected chi connectivity index (χ0v) is 11.9. The van der Waals surface area contributed by atoms with E-state index in [9.17, 15) is 4.79 Å². The highest BCUT2D eigenvalue weighted by Gasteiger charge is 2.11. The molecule has 2 aromatic carbocycles. The first-order valence-corrected chi connectivity index (χ1v) is 6.63. The standard InChI is InChI=1S/C17H19NO2/c1-18(2)11-12-20-17-15(13-19)9-6-10-16(17)14-7-4-3-5-8-14/h3-10,13H,11-12H2,1-2H3. The first-order chi connectivity index (χ1) is 9.72. The van der Waals surface area contributed by atoms with Crippen molar-refractivity contribution in [2.75, 3.05) is 27.2 Å². The van der Waals surface area contributed by atoms with Gasteiger partial charge in [-0.1, -0.05) is 42.5 Å². The Hall–Kier alpha value is -2.13. The number of carbonyl (C=O) groups is 1. The molecule has 0 aliphatic carbocycles. The molecule has 0 aliphatic rings. The normalized spacial score (nSPS) is 10.6. The van der Waals surface area contributed by atoms with E-state index in [-0.39, 0.29) is 0 Å². The van der Waals surface area contributed by atoms with Crippen LogP contribution in [0.4, 0.5) is 0 Å². The van der Waals surface area contributed by atoms with Crippen LogP contribution < -0.4 is 4.74 Å². The quantitative estimate of drug-likeness (QED) is 0.755. The molecular formula is C17H19NO2. The summed E-state index contributed by atoms with van der Waals surface area (Å²) in [5.41, 5.74) is 2.59. The number of hydrogen-bond donors (Lipinski definition) is 0. The Morgan fingerprint density at radius 3 is 2.45 bits per heavy atom. The zero-order valence-electron chi connectivity index (χ0n) is 11.9. The Kier molecular flexibility index (Phi) is 4.91. The van der Waals surface area contributed by atoms with E-state index in [4.69, 9.17) is 4.74 Å². The summed E-state index contributed by atoms with van der Waals surface area (Å²) in [6.45, 7) is 1.36. The second-order valence-electron chi connectivity index (χ2n) is 4.86. The van der Waals surface area contributed by atoms with Crippen LogP contribution in [-0.2, 0) is 0 Å². The zero-order chi connectivity index (χ0) is 14.4. The number of nitrogens with zero attached hydrogens (tertiary/aromatic N) is 1. The van der Waals surface area contributed by atoms with Gasteiger partial charge in [-0.25, -0.2) is 0 Å². The van der Waals surface area contributed by atoms with Gasteiger partial charge in [-0.15, -0.1) is 0 Å². The van der Waals surface area contributed by atoms with Crippen LogP contribution in [0.3, 0.4) is 0 Å². The summed E-state index contributed by atoms with van der Waals surface area (Å²) in [6.07, 6.45) is 0.845. The molecule has 0 atom stereocenters. The molecule has 0 N–H and O–H groups in total. The van der Waals surface area contributed by atoms with Crippen LogP contribution in [0.1, 0.15) is 10.4 Å². The van der Waals surface area contributed by atoms with Crippen LogP contribution in [0.15, 0.2) is 48.5 Å². The lowest BCUT2D eigenvalue weighted by atomic mass is 10.0. The van der Waals surface area contributed by atoms with Gasteiger partial charge >= 0.3 is 0 Å². The highest BCUT2D eigenvalue weighted by molar-refractivity contribution is 5.86. The fraction of sp³-hybridized carbons (Fsp3) is 0.235. The van der Waals surface area contributed by atoms with Crippen molar-refractivity contribution >= 4 is 6.29 Å². The molecule has 0 heterocycles. The molecule has 3 nitrogen and oxygen atoms in total. The highest BCUT2D eigenvalue weighted by Crippen LogP contribution is 2.32. The van der Waals surface area contributed by atoms with E-state index in [1.54, 1.807) is 6.07 Å².